The third-order valence-corrected chi connectivity index (χ3v) is 11.3. The van der Waals surface area contributed by atoms with Crippen LogP contribution in [0.1, 0.15) is 57.6 Å². The van der Waals surface area contributed by atoms with Crippen LogP contribution in [0.2, 0.25) is 0 Å². The van der Waals surface area contributed by atoms with E-state index >= 15 is 0 Å². The van der Waals surface area contributed by atoms with Crippen molar-refractivity contribution in [2.75, 3.05) is 20.3 Å². The Kier molecular flexibility index (Phi) is 11.3. The summed E-state index contributed by atoms with van der Waals surface area (Å²) in [4.78, 5) is 19.2. The first kappa shape index (κ1) is 33.0. The van der Waals surface area contributed by atoms with Gasteiger partial charge < -0.3 is 18.6 Å². The highest BCUT2D eigenvalue weighted by Gasteiger charge is 2.55. The highest BCUT2D eigenvalue weighted by Crippen LogP contribution is 2.60. The van der Waals surface area contributed by atoms with Gasteiger partial charge in [0, 0.05) is 18.7 Å². The molecule has 0 spiro atoms. The Bertz CT molecular complexity index is 1430. The second kappa shape index (κ2) is 14.7. The molecular weight excluding hydrogens is 581 g/mol. The normalized spacial score (nSPS) is 18.2. The lowest BCUT2D eigenvalue weighted by Crippen LogP contribution is -2.52. The van der Waals surface area contributed by atoms with Crippen molar-refractivity contribution < 1.29 is 28.0 Å². The Morgan fingerprint density at radius 2 is 1.60 bits per heavy atom. The zero-order valence-electron chi connectivity index (χ0n) is 25.4. The number of methoxy groups -OCH3 is 1. The molecule has 43 heavy (non-hydrogen) atoms. The van der Waals surface area contributed by atoms with E-state index in [-0.39, 0.29) is 18.6 Å². The van der Waals surface area contributed by atoms with E-state index in [4.69, 9.17) is 30.8 Å². The minimum atomic E-state index is -3.78. The second-order valence-electron chi connectivity index (χ2n) is 10.8. The van der Waals surface area contributed by atoms with Gasteiger partial charge in [0.05, 0.1) is 13.2 Å². The molecule has 3 aromatic rings. The van der Waals surface area contributed by atoms with E-state index in [1.165, 1.54) is 23.0 Å². The van der Waals surface area contributed by atoms with Crippen LogP contribution in [-0.4, -0.2) is 42.3 Å². The molecule has 0 amide bonds. The van der Waals surface area contributed by atoms with Crippen LogP contribution in [0.4, 0.5) is 0 Å². The van der Waals surface area contributed by atoms with Crippen LogP contribution >= 0.6 is 19.8 Å². The molecule has 1 heterocycles. The summed E-state index contributed by atoms with van der Waals surface area (Å²) in [6.45, 7) is 5.40. The fraction of sp³-hybridized carbons (Fsp3) is 0.412. The van der Waals surface area contributed by atoms with Gasteiger partial charge in [-0.15, -0.1) is 0 Å². The molecule has 3 atom stereocenters. The quantitative estimate of drug-likeness (QED) is 0.0694. The lowest BCUT2D eigenvalue weighted by molar-refractivity contribution is -0.169. The van der Waals surface area contributed by atoms with Gasteiger partial charge in [0.15, 0.2) is 5.60 Å². The first-order chi connectivity index (χ1) is 20.7. The molecule has 9 heteroatoms. The molecule has 1 aliphatic rings. The molecule has 1 aliphatic carbocycles. The molecule has 0 radical (unpaired) electrons. The SMILES string of the molecule is CCOP(=O)(OCC)C(CCC/C=C/C1CC1(c1ccccc1)c1ccccc1)C(C)(OC)C(=O)On1ccccc1=S. The van der Waals surface area contributed by atoms with Crippen LogP contribution < -0.4 is 4.84 Å². The zero-order chi connectivity index (χ0) is 30.9. The molecule has 0 N–H and O–H groups in total. The molecule has 4 rings (SSSR count). The van der Waals surface area contributed by atoms with Gasteiger partial charge in [-0.2, -0.15) is 4.73 Å². The highest BCUT2D eigenvalue weighted by molar-refractivity contribution is 7.71. The number of ether oxygens (including phenoxy) is 1. The van der Waals surface area contributed by atoms with Gasteiger partial charge in [-0.25, -0.2) is 4.79 Å². The molecule has 1 fully saturated rings. The van der Waals surface area contributed by atoms with Crippen molar-refractivity contribution in [3.05, 3.63) is 113 Å². The Labute approximate surface area is 260 Å². The van der Waals surface area contributed by atoms with Crippen molar-refractivity contribution >= 4 is 25.8 Å². The predicted octanol–water partition coefficient (Wildman–Crippen LogP) is 7.95. The van der Waals surface area contributed by atoms with E-state index in [2.05, 4.69) is 60.7 Å². The summed E-state index contributed by atoms with van der Waals surface area (Å²) in [5, 5.41) is 0. The van der Waals surface area contributed by atoms with Crippen molar-refractivity contribution in [3.63, 3.8) is 0 Å². The lowest BCUT2D eigenvalue weighted by Gasteiger charge is -2.37. The largest absolute Gasteiger partial charge is 0.366 e. The van der Waals surface area contributed by atoms with Crippen LogP contribution in [0.15, 0.2) is 97.2 Å². The smallest absolute Gasteiger partial charge is 0.365 e. The molecule has 2 aromatic carbocycles. The maximum atomic E-state index is 14.1. The van der Waals surface area contributed by atoms with Gasteiger partial charge >= 0.3 is 13.6 Å². The second-order valence-corrected chi connectivity index (χ2v) is 13.5. The minimum Gasteiger partial charge on any atom is -0.366 e. The zero-order valence-corrected chi connectivity index (χ0v) is 27.1. The summed E-state index contributed by atoms with van der Waals surface area (Å²) in [5.74, 6) is -0.355. The molecule has 1 aromatic heterocycles. The molecular formula is C34H42NO6PS. The van der Waals surface area contributed by atoms with E-state index in [9.17, 15) is 9.36 Å². The number of nitrogens with zero attached hydrogens (tertiary/aromatic N) is 1. The summed E-state index contributed by atoms with van der Waals surface area (Å²) < 4.78 is 32.9. The fourth-order valence-electron chi connectivity index (χ4n) is 5.85. The number of allylic oxidation sites excluding steroid dienone is 2. The third kappa shape index (κ3) is 7.27. The molecule has 7 nitrogen and oxygen atoms in total. The van der Waals surface area contributed by atoms with E-state index < -0.39 is 24.8 Å². The van der Waals surface area contributed by atoms with Crippen LogP contribution in [0.5, 0.6) is 0 Å². The standard InChI is InChI=1S/C34H42NO6PS/c1-5-39-42(37,40-6-2)30(33(3,38-4)32(36)41-35-25-17-16-24-31(35)43)23-15-9-14-22-29-26-34(29,27-18-10-7-11-19-27)28-20-12-8-13-21-28/h7-8,10-14,16-22,24-25,29-30H,5-6,9,15,23,26H2,1-4H3/b22-14+. The third-order valence-electron chi connectivity index (χ3n) is 8.24. The maximum absolute atomic E-state index is 14.1. The molecule has 0 bridgehead atoms. The average Bonchev–Trinajstić information content (AvgIpc) is 3.76. The maximum Gasteiger partial charge on any atom is 0.365 e. The number of aromatic nitrogens is 1. The van der Waals surface area contributed by atoms with Gasteiger partial charge in [0.25, 0.3) is 0 Å². The Hall–Kier alpha value is -2.87. The summed E-state index contributed by atoms with van der Waals surface area (Å²) in [6.07, 6.45) is 8.79. The van der Waals surface area contributed by atoms with Crippen molar-refractivity contribution in [1.82, 2.24) is 4.73 Å². The van der Waals surface area contributed by atoms with Gasteiger partial charge in [-0.3, -0.25) is 4.57 Å². The topological polar surface area (TPSA) is 76.0 Å². The fourth-order valence-corrected chi connectivity index (χ4v) is 8.49. The van der Waals surface area contributed by atoms with E-state index in [1.807, 2.05) is 12.1 Å². The van der Waals surface area contributed by atoms with Crippen molar-refractivity contribution in [2.24, 2.45) is 5.92 Å². The minimum absolute atomic E-state index is 0.0295. The summed E-state index contributed by atoms with van der Waals surface area (Å²) >= 11 is 5.29. The van der Waals surface area contributed by atoms with Crippen LogP contribution in [0, 0.1) is 10.6 Å². The molecule has 1 saturated carbocycles. The predicted molar refractivity (Wildman–Crippen MR) is 172 cm³/mol. The molecule has 230 valence electrons. The van der Waals surface area contributed by atoms with E-state index in [1.54, 1.807) is 45.2 Å². The molecule has 3 unspecified atom stereocenters. The van der Waals surface area contributed by atoms with Gasteiger partial charge in [0.1, 0.15) is 10.3 Å². The highest BCUT2D eigenvalue weighted by atomic mass is 32.1. The summed E-state index contributed by atoms with van der Waals surface area (Å²) in [6, 6.07) is 26.4. The average molecular weight is 624 g/mol. The van der Waals surface area contributed by atoms with Crippen molar-refractivity contribution in [1.29, 1.82) is 0 Å². The number of hydrogen-bond acceptors (Lipinski definition) is 7. The number of carbonyl (C=O) groups excluding carboxylic acids is 1. The lowest BCUT2D eigenvalue weighted by atomic mass is 9.85. The van der Waals surface area contributed by atoms with Gasteiger partial charge in [-0.05, 0) is 75.6 Å². The molecule has 0 saturated heterocycles. The Morgan fingerprint density at radius 3 is 2.14 bits per heavy atom. The van der Waals surface area contributed by atoms with Crippen LogP contribution in [0.25, 0.3) is 0 Å². The van der Waals surface area contributed by atoms with Gasteiger partial charge in [-0.1, -0.05) is 91.1 Å². The van der Waals surface area contributed by atoms with Crippen molar-refractivity contribution in [3.8, 4) is 0 Å². The van der Waals surface area contributed by atoms with Crippen LogP contribution in [-0.2, 0) is 28.6 Å². The van der Waals surface area contributed by atoms with Crippen molar-refractivity contribution in [2.45, 2.75) is 63.1 Å². The molecule has 0 aliphatic heterocycles. The van der Waals surface area contributed by atoms with Gasteiger partial charge in [0.2, 0.25) is 0 Å². The van der Waals surface area contributed by atoms with Crippen LogP contribution in [0.3, 0.4) is 0 Å². The number of carbonyl (C=O) groups is 1. The number of unbranched alkanes of at least 4 members (excludes halogenated alkanes) is 1. The first-order valence-electron chi connectivity index (χ1n) is 14.9. The Balaban J connectivity index is 1.51. The monoisotopic (exact) mass is 623 g/mol. The number of benzene rings is 2. The van der Waals surface area contributed by atoms with E-state index in [0.29, 0.717) is 23.4 Å². The summed E-state index contributed by atoms with van der Waals surface area (Å²) in [5.41, 5.74) is 0.0762. The number of hydrogen-bond donors (Lipinski definition) is 0. The Morgan fingerprint density at radius 1 is 1.02 bits per heavy atom. The number of rotatable bonds is 16. The first-order valence-corrected chi connectivity index (χ1v) is 16.9. The number of pyridine rings is 1. The van der Waals surface area contributed by atoms with E-state index in [0.717, 1.165) is 12.8 Å². The summed E-state index contributed by atoms with van der Waals surface area (Å²) in [7, 11) is -2.38.